The lowest BCUT2D eigenvalue weighted by Crippen LogP contribution is -2.44. The van der Waals surface area contributed by atoms with Crippen LogP contribution >= 0.6 is 0 Å². The largest absolute Gasteiger partial charge is 0.345 e. The van der Waals surface area contributed by atoms with Gasteiger partial charge in [0, 0.05) is 39.5 Å². The Kier molecular flexibility index (Phi) is 6.02. The number of carbonyl (C=O) groups is 1. The summed E-state index contributed by atoms with van der Waals surface area (Å²) in [5.74, 6) is 1.28. The van der Waals surface area contributed by atoms with E-state index in [0.717, 1.165) is 31.8 Å². The molecule has 108 valence electrons. The van der Waals surface area contributed by atoms with Crippen molar-refractivity contribution in [3.05, 3.63) is 18.2 Å². The van der Waals surface area contributed by atoms with Crippen molar-refractivity contribution in [2.45, 2.75) is 32.7 Å². The molecule has 1 rings (SSSR count). The van der Waals surface area contributed by atoms with Crippen LogP contribution in [0.25, 0.3) is 0 Å². The molecule has 19 heavy (non-hydrogen) atoms. The van der Waals surface area contributed by atoms with Gasteiger partial charge in [-0.05, 0) is 33.9 Å². The Morgan fingerprint density at radius 3 is 2.68 bits per heavy atom. The summed E-state index contributed by atoms with van der Waals surface area (Å²) in [6.07, 6.45) is 5.73. The molecule has 0 aliphatic heterocycles. The summed E-state index contributed by atoms with van der Waals surface area (Å²) in [6.45, 7) is 5.61. The van der Waals surface area contributed by atoms with Gasteiger partial charge in [-0.25, -0.2) is 4.98 Å². The maximum absolute atomic E-state index is 12.0. The minimum Gasteiger partial charge on any atom is -0.345 e. The van der Waals surface area contributed by atoms with Gasteiger partial charge in [-0.15, -0.1) is 0 Å². The highest BCUT2D eigenvalue weighted by molar-refractivity contribution is 5.81. The second kappa shape index (κ2) is 7.28. The molecule has 0 radical (unpaired) electrons. The number of aromatic nitrogens is 2. The standard InChI is InChI=1S/C14H26N4O/c1-6-16(3)14(19)12(2)17(4)10-7-8-13-15-9-11-18(13)5/h9,11-12H,6-8,10H2,1-5H3/t12-/m1/s1. The van der Waals surface area contributed by atoms with Crippen molar-refractivity contribution in [2.75, 3.05) is 27.2 Å². The lowest BCUT2D eigenvalue weighted by molar-refractivity contribution is -0.134. The van der Waals surface area contributed by atoms with Crippen LogP contribution in [0.3, 0.4) is 0 Å². The van der Waals surface area contributed by atoms with Crippen molar-refractivity contribution in [1.29, 1.82) is 0 Å². The average molecular weight is 266 g/mol. The SMILES string of the molecule is CCN(C)C(=O)[C@@H](C)N(C)CCCc1nccn1C. The number of carbonyl (C=O) groups excluding carboxylic acids is 1. The molecule has 1 heterocycles. The van der Waals surface area contributed by atoms with E-state index in [4.69, 9.17) is 0 Å². The molecule has 5 heteroatoms. The van der Waals surface area contributed by atoms with Gasteiger partial charge in [0.1, 0.15) is 5.82 Å². The van der Waals surface area contributed by atoms with Crippen LogP contribution in [0.2, 0.25) is 0 Å². The van der Waals surface area contributed by atoms with Crippen LogP contribution in [0, 0.1) is 0 Å². The molecule has 0 aliphatic carbocycles. The van der Waals surface area contributed by atoms with Crippen molar-refractivity contribution >= 4 is 5.91 Å². The topological polar surface area (TPSA) is 41.4 Å². The Hall–Kier alpha value is -1.36. The average Bonchev–Trinajstić information content (AvgIpc) is 2.81. The van der Waals surface area contributed by atoms with Gasteiger partial charge in [0.05, 0.1) is 6.04 Å². The quantitative estimate of drug-likeness (QED) is 0.743. The summed E-state index contributed by atoms with van der Waals surface area (Å²) >= 11 is 0. The second-order valence-corrected chi connectivity index (χ2v) is 5.07. The zero-order valence-corrected chi connectivity index (χ0v) is 12.8. The molecule has 5 nitrogen and oxygen atoms in total. The molecule has 0 fully saturated rings. The third-order valence-corrected chi connectivity index (χ3v) is 3.70. The molecule has 0 saturated carbocycles. The van der Waals surface area contributed by atoms with E-state index in [9.17, 15) is 4.79 Å². The molecule has 0 saturated heterocycles. The Morgan fingerprint density at radius 1 is 1.47 bits per heavy atom. The highest BCUT2D eigenvalue weighted by atomic mass is 16.2. The lowest BCUT2D eigenvalue weighted by Gasteiger charge is -2.27. The summed E-state index contributed by atoms with van der Waals surface area (Å²) in [5.41, 5.74) is 0. The third-order valence-electron chi connectivity index (χ3n) is 3.70. The van der Waals surface area contributed by atoms with Gasteiger partial charge in [-0.1, -0.05) is 0 Å². The highest BCUT2D eigenvalue weighted by Crippen LogP contribution is 2.04. The van der Waals surface area contributed by atoms with E-state index in [0.29, 0.717) is 0 Å². The van der Waals surface area contributed by atoms with Gasteiger partial charge in [0.15, 0.2) is 0 Å². The second-order valence-electron chi connectivity index (χ2n) is 5.07. The molecule has 0 unspecified atom stereocenters. The first-order chi connectivity index (χ1) is 8.97. The molecule has 0 aromatic carbocycles. The Morgan fingerprint density at radius 2 is 2.16 bits per heavy atom. The minimum atomic E-state index is -0.0636. The maximum Gasteiger partial charge on any atom is 0.239 e. The summed E-state index contributed by atoms with van der Waals surface area (Å²) in [7, 11) is 5.86. The Labute approximate surface area is 116 Å². The molecule has 0 spiro atoms. The predicted molar refractivity (Wildman–Crippen MR) is 76.9 cm³/mol. The van der Waals surface area contributed by atoms with Gasteiger partial charge in [0.25, 0.3) is 0 Å². The van der Waals surface area contributed by atoms with Crippen molar-refractivity contribution < 1.29 is 4.79 Å². The molecular weight excluding hydrogens is 240 g/mol. The van der Waals surface area contributed by atoms with Crippen molar-refractivity contribution in [1.82, 2.24) is 19.4 Å². The van der Waals surface area contributed by atoms with Gasteiger partial charge in [-0.2, -0.15) is 0 Å². The summed E-state index contributed by atoms with van der Waals surface area (Å²) < 4.78 is 2.04. The number of imidazole rings is 1. The number of aryl methyl sites for hydroxylation is 2. The van der Waals surface area contributed by atoms with E-state index in [2.05, 4.69) is 9.88 Å². The van der Waals surface area contributed by atoms with Crippen molar-refractivity contribution in [3.8, 4) is 0 Å². The normalized spacial score (nSPS) is 12.7. The van der Waals surface area contributed by atoms with Crippen molar-refractivity contribution in [2.24, 2.45) is 7.05 Å². The lowest BCUT2D eigenvalue weighted by atomic mass is 10.2. The summed E-state index contributed by atoms with van der Waals surface area (Å²) in [5, 5.41) is 0. The van der Waals surface area contributed by atoms with Crippen molar-refractivity contribution in [3.63, 3.8) is 0 Å². The van der Waals surface area contributed by atoms with Crippen LogP contribution in [-0.2, 0) is 18.3 Å². The zero-order chi connectivity index (χ0) is 14.4. The van der Waals surface area contributed by atoms with Crippen LogP contribution in [-0.4, -0.2) is 58.5 Å². The zero-order valence-electron chi connectivity index (χ0n) is 12.8. The first-order valence-corrected chi connectivity index (χ1v) is 6.88. The molecule has 0 bridgehead atoms. The number of nitrogens with zero attached hydrogens (tertiary/aromatic N) is 4. The third kappa shape index (κ3) is 4.35. The smallest absolute Gasteiger partial charge is 0.239 e. The molecule has 0 N–H and O–H groups in total. The number of amides is 1. The molecule has 1 aromatic heterocycles. The number of hydrogen-bond donors (Lipinski definition) is 0. The molecule has 1 aromatic rings. The van der Waals surface area contributed by atoms with E-state index in [1.54, 1.807) is 4.90 Å². The van der Waals surface area contributed by atoms with Crippen LogP contribution in [0.5, 0.6) is 0 Å². The fourth-order valence-electron chi connectivity index (χ4n) is 1.98. The Balaban J connectivity index is 2.36. The highest BCUT2D eigenvalue weighted by Gasteiger charge is 2.20. The van der Waals surface area contributed by atoms with Gasteiger partial charge in [0.2, 0.25) is 5.91 Å². The molecule has 1 atom stereocenters. The van der Waals surface area contributed by atoms with E-state index in [1.165, 1.54) is 0 Å². The van der Waals surface area contributed by atoms with Gasteiger partial charge in [-0.3, -0.25) is 9.69 Å². The molecule has 0 aliphatic rings. The van der Waals surface area contributed by atoms with Gasteiger partial charge >= 0.3 is 0 Å². The minimum absolute atomic E-state index is 0.0636. The number of hydrogen-bond acceptors (Lipinski definition) is 3. The van der Waals surface area contributed by atoms with Crippen LogP contribution < -0.4 is 0 Å². The first-order valence-electron chi connectivity index (χ1n) is 6.88. The molecule has 1 amide bonds. The fraction of sp³-hybridized carbons (Fsp3) is 0.714. The van der Waals surface area contributed by atoms with Crippen LogP contribution in [0.15, 0.2) is 12.4 Å². The summed E-state index contributed by atoms with van der Waals surface area (Å²) in [4.78, 5) is 20.2. The van der Waals surface area contributed by atoms with Crippen LogP contribution in [0.4, 0.5) is 0 Å². The first kappa shape index (κ1) is 15.7. The van der Waals surface area contributed by atoms with Gasteiger partial charge < -0.3 is 9.47 Å². The summed E-state index contributed by atoms with van der Waals surface area (Å²) in [6, 6.07) is -0.0636. The van der Waals surface area contributed by atoms with Crippen LogP contribution in [0.1, 0.15) is 26.1 Å². The number of rotatable bonds is 7. The van der Waals surface area contributed by atoms with E-state index in [1.807, 2.05) is 52.0 Å². The number of likely N-dealkylation sites (N-methyl/N-ethyl adjacent to an activating group) is 2. The Bertz CT molecular complexity index is 402. The van der Waals surface area contributed by atoms with E-state index < -0.39 is 0 Å². The predicted octanol–water partition coefficient (Wildman–Crippen LogP) is 1.15. The monoisotopic (exact) mass is 266 g/mol. The van der Waals surface area contributed by atoms with E-state index >= 15 is 0 Å². The fourth-order valence-corrected chi connectivity index (χ4v) is 1.98. The maximum atomic E-state index is 12.0. The van der Waals surface area contributed by atoms with E-state index in [-0.39, 0.29) is 11.9 Å². The molecular formula is C14H26N4O.